The summed E-state index contributed by atoms with van der Waals surface area (Å²) in [6, 6.07) is 7.94. The number of thiazole rings is 1. The molecule has 1 heterocycles. The molecule has 0 bridgehead atoms. The number of rotatable bonds is 5. The predicted molar refractivity (Wildman–Crippen MR) is 91.2 cm³/mol. The maximum absolute atomic E-state index is 12.5. The largest absolute Gasteiger partial charge is 0.375 e. The van der Waals surface area contributed by atoms with Crippen LogP contribution < -0.4 is 10.6 Å². The van der Waals surface area contributed by atoms with Crippen molar-refractivity contribution in [3.8, 4) is 0 Å². The van der Waals surface area contributed by atoms with E-state index in [9.17, 15) is 4.79 Å². The van der Waals surface area contributed by atoms with Crippen molar-refractivity contribution in [1.29, 1.82) is 0 Å². The zero-order chi connectivity index (χ0) is 15.4. The highest BCUT2D eigenvalue weighted by Crippen LogP contribution is 2.31. The Morgan fingerprint density at radius 3 is 2.67 bits per heavy atom. The first-order valence-corrected chi connectivity index (χ1v) is 8.54. The summed E-state index contributed by atoms with van der Waals surface area (Å²) < 4.78 is 1.02. The van der Waals surface area contributed by atoms with Crippen molar-refractivity contribution in [3.63, 3.8) is 0 Å². The van der Waals surface area contributed by atoms with Crippen molar-refractivity contribution in [3.05, 3.63) is 35.5 Å². The molecule has 0 saturated carbocycles. The maximum Gasteiger partial charge on any atom is 0.237 e. The zero-order valence-electron chi connectivity index (χ0n) is 12.4. The van der Waals surface area contributed by atoms with Gasteiger partial charge in [-0.1, -0.05) is 29.5 Å². The summed E-state index contributed by atoms with van der Waals surface area (Å²) in [4.78, 5) is 18.5. The van der Waals surface area contributed by atoms with E-state index in [1.54, 1.807) is 0 Å². The van der Waals surface area contributed by atoms with Crippen LogP contribution in [0.1, 0.15) is 18.2 Å². The monoisotopic (exact) mass is 321 g/mol. The molecule has 6 heteroatoms. The Morgan fingerprint density at radius 2 is 2.10 bits per heavy atom. The number of para-hydroxylation sites is 1. The first-order valence-electron chi connectivity index (χ1n) is 6.74. The molecule has 1 aromatic heterocycles. The summed E-state index contributed by atoms with van der Waals surface area (Å²) in [7, 11) is 0. The Kier molecular flexibility index (Phi) is 5.25. The maximum atomic E-state index is 12.5. The number of anilines is 2. The molecular formula is C15H19N3OS2. The van der Waals surface area contributed by atoms with Gasteiger partial charge in [0, 0.05) is 12.2 Å². The fraction of sp³-hybridized carbons (Fsp3) is 0.333. The van der Waals surface area contributed by atoms with Gasteiger partial charge in [0.05, 0.1) is 15.7 Å². The van der Waals surface area contributed by atoms with E-state index >= 15 is 0 Å². The fourth-order valence-corrected chi connectivity index (χ4v) is 3.99. The van der Waals surface area contributed by atoms with Gasteiger partial charge in [-0.25, -0.2) is 4.98 Å². The molecule has 2 N–H and O–H groups in total. The van der Waals surface area contributed by atoms with E-state index in [0.29, 0.717) is 17.4 Å². The summed E-state index contributed by atoms with van der Waals surface area (Å²) in [6.07, 6.45) is 0. The second kappa shape index (κ2) is 6.95. The molecule has 2 rings (SSSR count). The molecule has 0 aliphatic heterocycles. The molecule has 0 atom stereocenters. The van der Waals surface area contributed by atoms with Gasteiger partial charge < -0.3 is 10.6 Å². The van der Waals surface area contributed by atoms with Crippen molar-refractivity contribution >= 4 is 39.8 Å². The van der Waals surface area contributed by atoms with E-state index < -0.39 is 0 Å². The smallest absolute Gasteiger partial charge is 0.237 e. The third-order valence-electron chi connectivity index (χ3n) is 3.12. The first kappa shape index (κ1) is 15.9. The van der Waals surface area contributed by atoms with Crippen LogP contribution in [-0.2, 0) is 4.79 Å². The average Bonchev–Trinajstić information content (AvgIpc) is 2.77. The number of thioether (sulfide) groups is 1. The van der Waals surface area contributed by atoms with Gasteiger partial charge >= 0.3 is 0 Å². The van der Waals surface area contributed by atoms with Gasteiger partial charge in [0.15, 0.2) is 5.13 Å². The second-order valence-corrected chi connectivity index (χ2v) is 6.91. The molecule has 0 aliphatic carbocycles. The number of hydrogen-bond acceptors (Lipinski definition) is 5. The minimum atomic E-state index is 0.100. The Morgan fingerprint density at radius 1 is 1.38 bits per heavy atom. The number of carbonyl (C=O) groups is 1. The van der Waals surface area contributed by atoms with Gasteiger partial charge in [0.25, 0.3) is 0 Å². The quantitative estimate of drug-likeness (QED) is 0.857. The van der Waals surface area contributed by atoms with Gasteiger partial charge in [-0.15, -0.1) is 11.8 Å². The van der Waals surface area contributed by atoms with Crippen LogP contribution in [0.4, 0.5) is 10.8 Å². The lowest BCUT2D eigenvalue weighted by molar-refractivity contribution is -0.116. The number of hydrogen-bond donors (Lipinski definition) is 1. The summed E-state index contributed by atoms with van der Waals surface area (Å²) >= 11 is 2.94. The van der Waals surface area contributed by atoms with E-state index in [0.717, 1.165) is 21.2 Å². The van der Waals surface area contributed by atoms with Crippen LogP contribution in [0, 0.1) is 13.8 Å². The number of aromatic nitrogens is 1. The van der Waals surface area contributed by atoms with E-state index in [1.807, 2.05) is 49.9 Å². The van der Waals surface area contributed by atoms with Crippen LogP contribution in [0.15, 0.2) is 28.5 Å². The van der Waals surface area contributed by atoms with Crippen molar-refractivity contribution in [2.75, 3.05) is 22.9 Å². The van der Waals surface area contributed by atoms with Gasteiger partial charge in [0.2, 0.25) is 5.91 Å². The van der Waals surface area contributed by atoms with E-state index in [-0.39, 0.29) is 5.91 Å². The molecule has 1 amide bonds. The minimum absolute atomic E-state index is 0.100. The molecule has 0 saturated heterocycles. The van der Waals surface area contributed by atoms with Crippen LogP contribution >= 0.6 is 23.1 Å². The Bertz CT molecular complexity index is 640. The summed E-state index contributed by atoms with van der Waals surface area (Å²) in [5, 5.41) is 0.550. The molecule has 1 aromatic carbocycles. The molecule has 112 valence electrons. The molecule has 4 nitrogen and oxygen atoms in total. The third kappa shape index (κ3) is 3.77. The average molecular weight is 321 g/mol. The van der Waals surface area contributed by atoms with E-state index in [4.69, 9.17) is 5.73 Å². The summed E-state index contributed by atoms with van der Waals surface area (Å²) in [5.74, 6) is 0.494. The standard InChI is InChI=1S/C15H19N3OS2/c1-4-18(12-8-6-5-7-10(12)2)13(19)9-20-14-11(3)17-15(16)21-14/h5-8H,4,9H2,1-3H3,(H2,16,17). The fourth-order valence-electron chi connectivity index (χ4n) is 2.09. The highest BCUT2D eigenvalue weighted by molar-refractivity contribution is 8.01. The van der Waals surface area contributed by atoms with Crippen molar-refractivity contribution in [2.24, 2.45) is 0 Å². The first-order chi connectivity index (χ1) is 10.0. The van der Waals surface area contributed by atoms with E-state index in [1.165, 1.54) is 23.1 Å². The Balaban J connectivity index is 2.08. The second-order valence-electron chi connectivity index (χ2n) is 4.64. The highest BCUT2D eigenvalue weighted by Gasteiger charge is 2.17. The van der Waals surface area contributed by atoms with Gasteiger partial charge in [-0.3, -0.25) is 4.79 Å². The van der Waals surface area contributed by atoms with Crippen LogP contribution in [-0.4, -0.2) is 23.2 Å². The van der Waals surface area contributed by atoms with Crippen LogP contribution in [0.2, 0.25) is 0 Å². The number of nitrogen functional groups attached to an aromatic ring is 1. The normalized spacial score (nSPS) is 10.6. The number of carbonyl (C=O) groups excluding carboxylic acids is 1. The highest BCUT2D eigenvalue weighted by atomic mass is 32.2. The van der Waals surface area contributed by atoms with Gasteiger partial charge in [0.1, 0.15) is 0 Å². The lowest BCUT2D eigenvalue weighted by atomic mass is 10.2. The minimum Gasteiger partial charge on any atom is -0.375 e. The molecule has 0 aliphatic rings. The number of nitrogens with two attached hydrogens (primary N) is 1. The number of amides is 1. The lowest BCUT2D eigenvalue weighted by Gasteiger charge is -2.22. The Labute approximate surface area is 133 Å². The molecule has 21 heavy (non-hydrogen) atoms. The number of aryl methyl sites for hydroxylation is 2. The van der Waals surface area contributed by atoms with Gasteiger partial charge in [-0.05, 0) is 32.4 Å². The van der Waals surface area contributed by atoms with Crippen molar-refractivity contribution in [2.45, 2.75) is 25.0 Å². The third-order valence-corrected chi connectivity index (χ3v) is 5.45. The summed E-state index contributed by atoms with van der Waals surface area (Å²) in [5.41, 5.74) is 8.66. The van der Waals surface area contributed by atoms with Crippen LogP contribution in [0.25, 0.3) is 0 Å². The summed E-state index contributed by atoms with van der Waals surface area (Å²) in [6.45, 7) is 6.59. The topological polar surface area (TPSA) is 59.2 Å². The SMILES string of the molecule is CCN(C(=O)CSc1sc(N)nc1C)c1ccccc1C. The van der Waals surface area contributed by atoms with Gasteiger partial charge in [-0.2, -0.15) is 0 Å². The lowest BCUT2D eigenvalue weighted by Crippen LogP contribution is -2.32. The molecule has 0 unspecified atom stereocenters. The van der Waals surface area contributed by atoms with Crippen molar-refractivity contribution in [1.82, 2.24) is 4.98 Å². The van der Waals surface area contributed by atoms with Crippen molar-refractivity contribution < 1.29 is 4.79 Å². The number of benzene rings is 1. The van der Waals surface area contributed by atoms with E-state index in [2.05, 4.69) is 4.98 Å². The van der Waals surface area contributed by atoms with Crippen LogP contribution in [0.5, 0.6) is 0 Å². The molecule has 0 fully saturated rings. The number of nitrogens with zero attached hydrogens (tertiary/aromatic N) is 2. The molecule has 2 aromatic rings. The molecule has 0 radical (unpaired) electrons. The van der Waals surface area contributed by atoms with Crippen LogP contribution in [0.3, 0.4) is 0 Å². The molecule has 0 spiro atoms. The molecular weight excluding hydrogens is 302 g/mol. The Hall–Kier alpha value is -1.53. The zero-order valence-corrected chi connectivity index (χ0v) is 14.1. The predicted octanol–water partition coefficient (Wildman–Crippen LogP) is 3.49.